The van der Waals surface area contributed by atoms with E-state index in [0.717, 1.165) is 43.9 Å². The molecule has 0 saturated carbocycles. The van der Waals surface area contributed by atoms with Gasteiger partial charge < -0.3 is 4.90 Å². The number of nitrogens with one attached hydrogen (secondary N) is 1. The van der Waals surface area contributed by atoms with Gasteiger partial charge in [0.25, 0.3) is 10.0 Å². The Labute approximate surface area is 200 Å². The molecule has 0 atom stereocenters. The van der Waals surface area contributed by atoms with Crippen LogP contribution in [0.5, 0.6) is 0 Å². The minimum Gasteiger partial charge on any atom is -0.355 e. The van der Waals surface area contributed by atoms with Crippen molar-refractivity contribution in [1.29, 1.82) is 0 Å². The topological polar surface area (TPSA) is 75.2 Å². The third-order valence-corrected chi connectivity index (χ3v) is 7.60. The molecule has 3 aromatic rings. The normalized spacial score (nSPS) is 15.4. The van der Waals surface area contributed by atoms with Crippen LogP contribution in [0.2, 0.25) is 5.02 Å². The summed E-state index contributed by atoms with van der Waals surface area (Å²) < 4.78 is 66.6. The van der Waals surface area contributed by atoms with Crippen molar-refractivity contribution in [1.82, 2.24) is 10.2 Å². The smallest absolute Gasteiger partial charge is 0.355 e. The van der Waals surface area contributed by atoms with Crippen LogP contribution < -0.4 is 9.62 Å². The monoisotopic (exact) mass is 510 g/mol. The lowest BCUT2D eigenvalue weighted by molar-refractivity contribution is -0.137. The summed E-state index contributed by atoms with van der Waals surface area (Å²) in [5.74, 6) is 1.53. The standard InChI is InChI=1S/C23H22ClF3N4O2S/c1-15-10-12-31(13-11-15)22-9-8-20(28-29-22)16-2-5-18(6-3-16)30-34(32,33)21-14-17(23(25,26)27)4-7-19(21)24/h2-9,14-15,30H,10-13H2,1H3. The summed E-state index contributed by atoms with van der Waals surface area (Å²) in [6, 6.07) is 12.2. The van der Waals surface area contributed by atoms with Crippen LogP contribution in [-0.2, 0) is 16.2 Å². The van der Waals surface area contributed by atoms with E-state index in [-0.39, 0.29) is 10.7 Å². The quantitative estimate of drug-likeness (QED) is 0.466. The van der Waals surface area contributed by atoms with E-state index in [1.807, 2.05) is 12.1 Å². The predicted molar refractivity (Wildman–Crippen MR) is 125 cm³/mol. The third-order valence-electron chi connectivity index (χ3n) is 5.74. The Morgan fingerprint density at radius 3 is 2.26 bits per heavy atom. The van der Waals surface area contributed by atoms with E-state index in [1.165, 1.54) is 12.1 Å². The molecule has 1 aromatic heterocycles. The second-order valence-corrected chi connectivity index (χ2v) is 10.3. The number of nitrogens with zero attached hydrogens (tertiary/aromatic N) is 3. The van der Waals surface area contributed by atoms with Gasteiger partial charge in [-0.2, -0.15) is 13.2 Å². The number of hydrogen-bond donors (Lipinski definition) is 1. The first-order chi connectivity index (χ1) is 16.0. The van der Waals surface area contributed by atoms with Gasteiger partial charge >= 0.3 is 6.18 Å². The molecule has 1 aliphatic rings. The number of benzene rings is 2. The minimum absolute atomic E-state index is 0.171. The molecule has 0 unspecified atom stereocenters. The van der Waals surface area contributed by atoms with Crippen molar-refractivity contribution < 1.29 is 21.6 Å². The molecule has 180 valence electrons. The van der Waals surface area contributed by atoms with E-state index in [9.17, 15) is 21.6 Å². The van der Waals surface area contributed by atoms with Crippen LogP contribution in [0.3, 0.4) is 0 Å². The van der Waals surface area contributed by atoms with Gasteiger partial charge in [-0.15, -0.1) is 10.2 Å². The van der Waals surface area contributed by atoms with Gasteiger partial charge in [0.1, 0.15) is 4.90 Å². The third kappa shape index (κ3) is 5.44. The van der Waals surface area contributed by atoms with Gasteiger partial charge in [-0.1, -0.05) is 30.7 Å². The van der Waals surface area contributed by atoms with E-state index >= 15 is 0 Å². The Morgan fingerprint density at radius 2 is 1.68 bits per heavy atom. The zero-order valence-electron chi connectivity index (χ0n) is 18.2. The lowest BCUT2D eigenvalue weighted by Crippen LogP contribution is -2.33. The fraction of sp³-hybridized carbons (Fsp3) is 0.304. The number of hydrogen-bond acceptors (Lipinski definition) is 5. The number of halogens is 4. The molecule has 1 aliphatic heterocycles. The first-order valence-electron chi connectivity index (χ1n) is 10.6. The molecule has 34 heavy (non-hydrogen) atoms. The summed E-state index contributed by atoms with van der Waals surface area (Å²) in [6.07, 6.45) is -2.46. The van der Waals surface area contributed by atoms with E-state index in [0.29, 0.717) is 23.2 Å². The Balaban J connectivity index is 1.49. The van der Waals surface area contributed by atoms with Crippen LogP contribution in [0.4, 0.5) is 24.7 Å². The Bertz CT molecular complexity index is 1260. The number of piperidine rings is 1. The van der Waals surface area contributed by atoms with Gasteiger partial charge in [-0.05, 0) is 61.2 Å². The molecule has 1 fully saturated rings. The van der Waals surface area contributed by atoms with Crippen molar-refractivity contribution in [3.63, 3.8) is 0 Å². The SMILES string of the molecule is CC1CCN(c2ccc(-c3ccc(NS(=O)(=O)c4cc(C(F)(F)F)ccc4Cl)cc3)nn2)CC1. The molecule has 0 spiro atoms. The molecule has 11 heteroatoms. The molecular weight excluding hydrogens is 489 g/mol. The number of sulfonamides is 1. The minimum atomic E-state index is -4.69. The summed E-state index contributed by atoms with van der Waals surface area (Å²) in [4.78, 5) is 1.55. The molecular formula is C23H22ClF3N4O2S. The van der Waals surface area contributed by atoms with Gasteiger partial charge in [0.15, 0.2) is 5.82 Å². The van der Waals surface area contributed by atoms with E-state index < -0.39 is 26.7 Å². The van der Waals surface area contributed by atoms with Gasteiger partial charge in [-0.25, -0.2) is 8.42 Å². The van der Waals surface area contributed by atoms with Crippen molar-refractivity contribution in [3.8, 4) is 11.3 Å². The highest BCUT2D eigenvalue weighted by Crippen LogP contribution is 2.34. The highest BCUT2D eigenvalue weighted by Gasteiger charge is 2.32. The van der Waals surface area contributed by atoms with Gasteiger partial charge in [0.05, 0.1) is 16.3 Å². The van der Waals surface area contributed by atoms with Crippen molar-refractivity contribution in [2.75, 3.05) is 22.7 Å². The summed E-state index contributed by atoms with van der Waals surface area (Å²) >= 11 is 5.87. The Kier molecular flexibility index (Phi) is 6.73. The number of rotatable bonds is 5. The first-order valence-corrected chi connectivity index (χ1v) is 12.5. The van der Waals surface area contributed by atoms with Gasteiger partial charge in [0.2, 0.25) is 0 Å². The molecule has 4 rings (SSSR count). The maximum absolute atomic E-state index is 13.0. The second-order valence-electron chi connectivity index (χ2n) is 8.27. The number of alkyl halides is 3. The molecule has 2 aromatic carbocycles. The highest BCUT2D eigenvalue weighted by molar-refractivity contribution is 7.92. The first kappa shape index (κ1) is 24.3. The lowest BCUT2D eigenvalue weighted by Gasteiger charge is -2.30. The molecule has 0 amide bonds. The van der Waals surface area contributed by atoms with Crippen LogP contribution in [0.1, 0.15) is 25.3 Å². The Morgan fingerprint density at radius 1 is 1.00 bits per heavy atom. The van der Waals surface area contributed by atoms with E-state index in [4.69, 9.17) is 11.6 Å². The largest absolute Gasteiger partial charge is 0.416 e. The molecule has 0 aliphatic carbocycles. The van der Waals surface area contributed by atoms with Crippen LogP contribution >= 0.6 is 11.6 Å². The van der Waals surface area contributed by atoms with Crippen molar-refractivity contribution in [2.45, 2.75) is 30.8 Å². The summed E-state index contributed by atoms with van der Waals surface area (Å²) in [5, 5.41) is 8.30. The van der Waals surface area contributed by atoms with Crippen LogP contribution in [0.15, 0.2) is 59.5 Å². The summed E-state index contributed by atoms with van der Waals surface area (Å²) in [7, 11) is -4.34. The molecule has 6 nitrogen and oxygen atoms in total. The van der Waals surface area contributed by atoms with Gasteiger partial charge in [0, 0.05) is 24.3 Å². The summed E-state index contributed by atoms with van der Waals surface area (Å²) in [5.41, 5.74) is 0.397. The maximum atomic E-state index is 13.0. The number of aromatic nitrogens is 2. The predicted octanol–water partition coefficient (Wildman–Crippen LogP) is 5.85. The molecule has 0 bridgehead atoms. The Hall–Kier alpha value is -2.85. The average molecular weight is 511 g/mol. The average Bonchev–Trinajstić information content (AvgIpc) is 2.79. The highest BCUT2D eigenvalue weighted by atomic mass is 35.5. The zero-order chi connectivity index (χ0) is 24.5. The van der Waals surface area contributed by atoms with E-state index in [2.05, 4.69) is 26.7 Å². The molecule has 2 heterocycles. The van der Waals surface area contributed by atoms with Crippen LogP contribution in [0.25, 0.3) is 11.3 Å². The van der Waals surface area contributed by atoms with Crippen molar-refractivity contribution in [3.05, 3.63) is 65.2 Å². The van der Waals surface area contributed by atoms with Crippen molar-refractivity contribution in [2.24, 2.45) is 5.92 Å². The van der Waals surface area contributed by atoms with Gasteiger partial charge in [-0.3, -0.25) is 4.72 Å². The summed E-state index contributed by atoms with van der Waals surface area (Å²) in [6.45, 7) is 4.13. The van der Waals surface area contributed by atoms with Crippen molar-refractivity contribution >= 4 is 33.1 Å². The second kappa shape index (κ2) is 9.42. The lowest BCUT2D eigenvalue weighted by atomic mass is 9.99. The van der Waals surface area contributed by atoms with E-state index in [1.54, 1.807) is 12.1 Å². The molecule has 1 saturated heterocycles. The number of anilines is 2. The fourth-order valence-corrected chi connectivity index (χ4v) is 5.28. The maximum Gasteiger partial charge on any atom is 0.416 e. The molecule has 0 radical (unpaired) electrons. The fourth-order valence-electron chi connectivity index (χ4n) is 3.69. The molecule has 1 N–H and O–H groups in total. The van der Waals surface area contributed by atoms with Crippen LogP contribution in [-0.4, -0.2) is 31.7 Å². The zero-order valence-corrected chi connectivity index (χ0v) is 19.8. The van der Waals surface area contributed by atoms with Crippen LogP contribution in [0, 0.1) is 5.92 Å².